The highest BCUT2D eigenvalue weighted by Gasteiger charge is 2.36. The van der Waals surface area contributed by atoms with Crippen LogP contribution >= 0.6 is 0 Å². The fraction of sp³-hybridized carbons (Fsp3) is 0.562. The van der Waals surface area contributed by atoms with Crippen LogP contribution in [0.5, 0.6) is 0 Å². The van der Waals surface area contributed by atoms with Crippen LogP contribution < -0.4 is 0 Å². The molecule has 1 saturated heterocycles. The van der Waals surface area contributed by atoms with Crippen LogP contribution in [0.3, 0.4) is 0 Å². The SMILES string of the molecule is Cc1cnc(C(=O)N2CCC3(CC=CCOC3)CC2)cn1. The average molecular weight is 287 g/mol. The third-order valence-corrected chi connectivity index (χ3v) is 4.45. The molecule has 112 valence electrons. The first-order valence-electron chi connectivity index (χ1n) is 7.49. The Bertz CT molecular complexity index is 531. The number of hydrogen-bond acceptors (Lipinski definition) is 4. The predicted octanol–water partition coefficient (Wildman–Crippen LogP) is 1.98. The van der Waals surface area contributed by atoms with Crippen LogP contribution in [-0.2, 0) is 4.74 Å². The van der Waals surface area contributed by atoms with Gasteiger partial charge in [-0.05, 0) is 26.2 Å². The monoisotopic (exact) mass is 287 g/mol. The first-order chi connectivity index (χ1) is 10.2. The number of aromatic nitrogens is 2. The minimum absolute atomic E-state index is 0.0116. The molecule has 5 heteroatoms. The van der Waals surface area contributed by atoms with E-state index in [1.807, 2.05) is 11.8 Å². The lowest BCUT2D eigenvalue weighted by Crippen LogP contribution is -2.45. The fourth-order valence-corrected chi connectivity index (χ4v) is 3.00. The van der Waals surface area contributed by atoms with Gasteiger partial charge in [-0.15, -0.1) is 0 Å². The molecular weight excluding hydrogens is 266 g/mol. The molecule has 5 nitrogen and oxygen atoms in total. The summed E-state index contributed by atoms with van der Waals surface area (Å²) in [5.41, 5.74) is 1.48. The predicted molar refractivity (Wildman–Crippen MR) is 78.9 cm³/mol. The van der Waals surface area contributed by atoms with Crippen molar-refractivity contribution >= 4 is 5.91 Å². The number of aryl methyl sites for hydroxylation is 1. The summed E-state index contributed by atoms with van der Waals surface area (Å²) >= 11 is 0. The van der Waals surface area contributed by atoms with Crippen molar-refractivity contribution in [2.45, 2.75) is 26.2 Å². The van der Waals surface area contributed by atoms with Gasteiger partial charge >= 0.3 is 0 Å². The molecule has 0 saturated carbocycles. The maximum absolute atomic E-state index is 12.4. The van der Waals surface area contributed by atoms with Crippen molar-refractivity contribution in [2.75, 3.05) is 26.3 Å². The van der Waals surface area contributed by atoms with E-state index in [0.717, 1.165) is 44.7 Å². The average Bonchev–Trinajstić information content (AvgIpc) is 2.74. The van der Waals surface area contributed by atoms with Gasteiger partial charge in [0.1, 0.15) is 5.69 Å². The highest BCUT2D eigenvalue weighted by Crippen LogP contribution is 2.37. The van der Waals surface area contributed by atoms with Gasteiger partial charge < -0.3 is 9.64 Å². The highest BCUT2D eigenvalue weighted by atomic mass is 16.5. The van der Waals surface area contributed by atoms with E-state index in [2.05, 4.69) is 22.1 Å². The van der Waals surface area contributed by atoms with Gasteiger partial charge in [0.25, 0.3) is 5.91 Å². The summed E-state index contributed by atoms with van der Waals surface area (Å²) in [5.74, 6) is -0.0116. The topological polar surface area (TPSA) is 55.3 Å². The van der Waals surface area contributed by atoms with Crippen LogP contribution in [0.2, 0.25) is 0 Å². The van der Waals surface area contributed by atoms with Gasteiger partial charge in [-0.25, -0.2) is 4.98 Å². The standard InChI is InChI=1S/C16H21N3O2/c1-13-10-18-14(11-17-13)15(20)19-7-5-16(6-8-19)4-2-3-9-21-12-16/h2-3,10-11H,4-9,12H2,1H3. The maximum Gasteiger partial charge on any atom is 0.274 e. The first-order valence-corrected chi connectivity index (χ1v) is 7.49. The number of ether oxygens (including phenoxy) is 1. The van der Waals surface area contributed by atoms with Gasteiger partial charge in [-0.1, -0.05) is 12.2 Å². The number of allylic oxidation sites excluding steroid dienone is 1. The van der Waals surface area contributed by atoms with Crippen LogP contribution in [0.25, 0.3) is 0 Å². The molecule has 1 amide bonds. The summed E-state index contributed by atoms with van der Waals surface area (Å²) in [5, 5.41) is 0. The smallest absolute Gasteiger partial charge is 0.274 e. The maximum atomic E-state index is 12.4. The molecule has 3 heterocycles. The Hall–Kier alpha value is -1.75. The summed E-state index contributed by atoms with van der Waals surface area (Å²) in [6.07, 6.45) is 10.6. The molecule has 0 N–H and O–H groups in total. The van der Waals surface area contributed by atoms with Crippen molar-refractivity contribution < 1.29 is 9.53 Å². The summed E-state index contributed by atoms with van der Waals surface area (Å²) in [7, 11) is 0. The normalized spacial score (nSPS) is 21.3. The van der Waals surface area contributed by atoms with Crippen molar-refractivity contribution in [2.24, 2.45) is 5.41 Å². The Morgan fingerprint density at radius 1 is 1.24 bits per heavy atom. The summed E-state index contributed by atoms with van der Waals surface area (Å²) in [6.45, 7) is 4.92. The van der Waals surface area contributed by atoms with E-state index in [1.54, 1.807) is 12.4 Å². The lowest BCUT2D eigenvalue weighted by Gasteiger charge is -2.40. The lowest BCUT2D eigenvalue weighted by atomic mass is 9.76. The summed E-state index contributed by atoms with van der Waals surface area (Å²) in [4.78, 5) is 22.7. The minimum atomic E-state index is -0.0116. The van der Waals surface area contributed by atoms with E-state index in [1.165, 1.54) is 0 Å². The van der Waals surface area contributed by atoms with Gasteiger partial charge in [0.2, 0.25) is 0 Å². The van der Waals surface area contributed by atoms with Gasteiger partial charge in [-0.3, -0.25) is 9.78 Å². The second kappa shape index (κ2) is 5.93. The largest absolute Gasteiger partial charge is 0.377 e. The minimum Gasteiger partial charge on any atom is -0.377 e. The quantitative estimate of drug-likeness (QED) is 0.741. The molecule has 0 atom stereocenters. The Labute approximate surface area is 125 Å². The molecule has 1 aromatic heterocycles. The number of rotatable bonds is 1. The first kappa shape index (κ1) is 14.2. The van der Waals surface area contributed by atoms with Gasteiger partial charge in [0.05, 0.1) is 25.1 Å². The summed E-state index contributed by atoms with van der Waals surface area (Å²) < 4.78 is 5.67. The van der Waals surface area contributed by atoms with Crippen LogP contribution in [0.1, 0.15) is 35.4 Å². The zero-order valence-electron chi connectivity index (χ0n) is 12.4. The number of carbonyl (C=O) groups is 1. The van der Waals surface area contributed by atoms with Gasteiger partial charge in [-0.2, -0.15) is 0 Å². The Morgan fingerprint density at radius 3 is 2.76 bits per heavy atom. The van der Waals surface area contributed by atoms with Gasteiger partial charge in [0, 0.05) is 24.7 Å². The molecule has 2 aliphatic rings. The van der Waals surface area contributed by atoms with E-state index >= 15 is 0 Å². The second-order valence-corrected chi connectivity index (χ2v) is 6.03. The molecule has 21 heavy (non-hydrogen) atoms. The zero-order chi connectivity index (χ0) is 14.7. The van der Waals surface area contributed by atoms with Crippen molar-refractivity contribution in [3.05, 3.63) is 35.9 Å². The van der Waals surface area contributed by atoms with Crippen molar-refractivity contribution in [3.8, 4) is 0 Å². The molecule has 1 fully saturated rings. The number of likely N-dealkylation sites (tertiary alicyclic amines) is 1. The van der Waals surface area contributed by atoms with Crippen LogP contribution in [-0.4, -0.2) is 47.1 Å². The molecule has 0 radical (unpaired) electrons. The van der Waals surface area contributed by atoms with E-state index in [-0.39, 0.29) is 11.3 Å². The third-order valence-electron chi connectivity index (χ3n) is 4.45. The van der Waals surface area contributed by atoms with E-state index in [9.17, 15) is 4.79 Å². The van der Waals surface area contributed by atoms with Crippen LogP contribution in [0.15, 0.2) is 24.5 Å². The van der Waals surface area contributed by atoms with Crippen molar-refractivity contribution in [1.29, 1.82) is 0 Å². The Balaban J connectivity index is 1.63. The van der Waals surface area contributed by atoms with E-state index in [0.29, 0.717) is 12.3 Å². The zero-order valence-corrected chi connectivity index (χ0v) is 12.4. The number of nitrogens with zero attached hydrogens (tertiary/aromatic N) is 3. The molecule has 1 aromatic rings. The van der Waals surface area contributed by atoms with Gasteiger partial charge in [0.15, 0.2) is 0 Å². The summed E-state index contributed by atoms with van der Waals surface area (Å²) in [6, 6.07) is 0. The van der Waals surface area contributed by atoms with E-state index in [4.69, 9.17) is 4.74 Å². The number of amides is 1. The molecule has 0 aliphatic carbocycles. The van der Waals surface area contributed by atoms with Crippen LogP contribution in [0, 0.1) is 12.3 Å². The lowest BCUT2D eigenvalue weighted by molar-refractivity contribution is 0.0161. The molecule has 0 unspecified atom stereocenters. The van der Waals surface area contributed by atoms with Crippen molar-refractivity contribution in [3.63, 3.8) is 0 Å². The van der Waals surface area contributed by atoms with Crippen LogP contribution in [0.4, 0.5) is 0 Å². The van der Waals surface area contributed by atoms with Crippen molar-refractivity contribution in [1.82, 2.24) is 14.9 Å². The fourth-order valence-electron chi connectivity index (χ4n) is 3.00. The second-order valence-electron chi connectivity index (χ2n) is 6.03. The molecule has 3 rings (SSSR count). The molecule has 0 aromatic carbocycles. The number of hydrogen-bond donors (Lipinski definition) is 0. The number of piperidine rings is 1. The molecule has 2 aliphatic heterocycles. The number of carbonyl (C=O) groups excluding carboxylic acids is 1. The Kier molecular flexibility index (Phi) is 4.01. The highest BCUT2D eigenvalue weighted by molar-refractivity contribution is 5.92. The molecule has 0 bridgehead atoms. The molecular formula is C16H21N3O2. The Morgan fingerprint density at radius 2 is 2.05 bits per heavy atom. The van der Waals surface area contributed by atoms with E-state index < -0.39 is 0 Å². The molecule has 1 spiro atoms. The third kappa shape index (κ3) is 3.13.